The van der Waals surface area contributed by atoms with Crippen molar-refractivity contribution < 1.29 is 8.42 Å². The van der Waals surface area contributed by atoms with E-state index in [4.69, 9.17) is 5.26 Å². The second-order valence-electron chi connectivity index (χ2n) is 4.85. The Kier molecular flexibility index (Phi) is 3.87. The number of nitriles is 1. The molecule has 0 spiro atoms. The van der Waals surface area contributed by atoms with Crippen LogP contribution in [0.5, 0.6) is 0 Å². The van der Waals surface area contributed by atoms with Gasteiger partial charge in [-0.1, -0.05) is 18.2 Å². The highest BCUT2D eigenvalue weighted by molar-refractivity contribution is 7.92. The SMILES string of the molecule is N#Cc1ccccc1S(=O)(=O)Nc1cccc(-n2cccc2)c1. The summed E-state index contributed by atoms with van der Waals surface area (Å²) in [4.78, 5) is -0.0335. The molecule has 0 fully saturated rings. The van der Waals surface area contributed by atoms with Crippen molar-refractivity contribution >= 4 is 15.7 Å². The van der Waals surface area contributed by atoms with Crippen molar-refractivity contribution in [3.63, 3.8) is 0 Å². The lowest BCUT2D eigenvalue weighted by molar-refractivity contribution is 0.601. The molecule has 0 aliphatic carbocycles. The summed E-state index contributed by atoms with van der Waals surface area (Å²) in [6.07, 6.45) is 3.75. The third kappa shape index (κ3) is 3.10. The van der Waals surface area contributed by atoms with Crippen LogP contribution >= 0.6 is 0 Å². The monoisotopic (exact) mass is 323 g/mol. The Morgan fingerprint density at radius 3 is 2.43 bits per heavy atom. The first-order chi connectivity index (χ1) is 11.1. The molecule has 3 rings (SSSR count). The molecular weight excluding hydrogens is 310 g/mol. The summed E-state index contributed by atoms with van der Waals surface area (Å²) in [7, 11) is -3.82. The number of sulfonamides is 1. The Labute approximate surface area is 134 Å². The van der Waals surface area contributed by atoms with Gasteiger partial charge in [-0.3, -0.25) is 4.72 Å². The molecule has 0 atom stereocenters. The summed E-state index contributed by atoms with van der Waals surface area (Å²) < 4.78 is 29.4. The molecule has 0 aliphatic heterocycles. The first kappa shape index (κ1) is 14.9. The van der Waals surface area contributed by atoms with Gasteiger partial charge in [0, 0.05) is 18.1 Å². The molecular formula is C17H13N3O2S. The van der Waals surface area contributed by atoms with E-state index in [0.29, 0.717) is 5.69 Å². The first-order valence-electron chi connectivity index (χ1n) is 6.85. The van der Waals surface area contributed by atoms with Gasteiger partial charge in [0.2, 0.25) is 0 Å². The highest BCUT2D eigenvalue weighted by Crippen LogP contribution is 2.21. The Balaban J connectivity index is 1.96. The molecule has 0 saturated carbocycles. The van der Waals surface area contributed by atoms with Crippen molar-refractivity contribution in [3.05, 3.63) is 78.6 Å². The van der Waals surface area contributed by atoms with Crippen molar-refractivity contribution in [2.24, 2.45) is 0 Å². The van der Waals surface area contributed by atoms with E-state index in [9.17, 15) is 8.42 Å². The summed E-state index contributed by atoms with van der Waals surface area (Å²) in [6.45, 7) is 0. The maximum atomic E-state index is 12.5. The van der Waals surface area contributed by atoms with Crippen LogP contribution in [0.2, 0.25) is 0 Å². The lowest BCUT2D eigenvalue weighted by atomic mass is 10.2. The minimum absolute atomic E-state index is 0.0335. The molecule has 1 N–H and O–H groups in total. The minimum atomic E-state index is -3.82. The molecule has 0 radical (unpaired) electrons. The van der Waals surface area contributed by atoms with Crippen molar-refractivity contribution in [2.75, 3.05) is 4.72 Å². The third-order valence-corrected chi connectivity index (χ3v) is 4.74. The van der Waals surface area contributed by atoms with Gasteiger partial charge in [-0.15, -0.1) is 0 Å². The smallest absolute Gasteiger partial charge is 0.263 e. The maximum absolute atomic E-state index is 12.5. The van der Waals surface area contributed by atoms with Crippen LogP contribution in [0.15, 0.2) is 78.0 Å². The normalized spacial score (nSPS) is 10.9. The average molecular weight is 323 g/mol. The van der Waals surface area contributed by atoms with Crippen LogP contribution in [0.3, 0.4) is 0 Å². The summed E-state index contributed by atoms with van der Waals surface area (Å²) in [5, 5.41) is 9.07. The van der Waals surface area contributed by atoms with E-state index in [-0.39, 0.29) is 10.5 Å². The highest BCUT2D eigenvalue weighted by Gasteiger charge is 2.18. The van der Waals surface area contributed by atoms with Gasteiger partial charge in [-0.25, -0.2) is 8.42 Å². The van der Waals surface area contributed by atoms with E-state index in [2.05, 4.69) is 4.72 Å². The van der Waals surface area contributed by atoms with Gasteiger partial charge in [0.05, 0.1) is 11.3 Å². The number of hydrogen-bond acceptors (Lipinski definition) is 3. The molecule has 5 nitrogen and oxygen atoms in total. The van der Waals surface area contributed by atoms with Gasteiger partial charge in [-0.2, -0.15) is 5.26 Å². The number of nitrogens with one attached hydrogen (secondary N) is 1. The number of hydrogen-bond donors (Lipinski definition) is 1. The Hall–Kier alpha value is -3.04. The zero-order valence-corrected chi connectivity index (χ0v) is 12.9. The van der Waals surface area contributed by atoms with Crippen molar-refractivity contribution in [1.82, 2.24) is 4.57 Å². The third-order valence-electron chi connectivity index (χ3n) is 3.30. The molecule has 1 aromatic heterocycles. The van der Waals surface area contributed by atoms with Gasteiger partial charge in [-0.05, 0) is 42.5 Å². The quantitative estimate of drug-likeness (QED) is 0.801. The lowest BCUT2D eigenvalue weighted by Gasteiger charge is -2.11. The van der Waals surface area contributed by atoms with Crippen molar-refractivity contribution in [2.45, 2.75) is 4.90 Å². The second kappa shape index (κ2) is 5.99. The van der Waals surface area contributed by atoms with Crippen LogP contribution in [0.1, 0.15) is 5.56 Å². The molecule has 114 valence electrons. The molecule has 0 bridgehead atoms. The van der Waals surface area contributed by atoms with E-state index in [1.165, 1.54) is 12.1 Å². The van der Waals surface area contributed by atoms with Crippen LogP contribution in [0.25, 0.3) is 5.69 Å². The lowest BCUT2D eigenvalue weighted by Crippen LogP contribution is -2.14. The number of anilines is 1. The van der Waals surface area contributed by atoms with Crippen molar-refractivity contribution in [3.8, 4) is 11.8 Å². The summed E-state index contributed by atoms with van der Waals surface area (Å²) in [5.41, 5.74) is 1.38. The zero-order valence-electron chi connectivity index (χ0n) is 12.0. The summed E-state index contributed by atoms with van der Waals surface area (Å²) >= 11 is 0. The topological polar surface area (TPSA) is 74.9 Å². The van der Waals surface area contributed by atoms with Gasteiger partial charge in [0.15, 0.2) is 0 Å². The second-order valence-corrected chi connectivity index (χ2v) is 6.50. The summed E-state index contributed by atoms with van der Waals surface area (Å²) in [6, 6.07) is 18.8. The zero-order chi connectivity index (χ0) is 16.3. The van der Waals surface area contributed by atoms with Crippen LogP contribution in [0, 0.1) is 11.3 Å². The first-order valence-corrected chi connectivity index (χ1v) is 8.34. The average Bonchev–Trinajstić information content (AvgIpc) is 3.09. The van der Waals surface area contributed by atoms with E-state index in [0.717, 1.165) is 5.69 Å². The fourth-order valence-electron chi connectivity index (χ4n) is 2.24. The molecule has 6 heteroatoms. The van der Waals surface area contributed by atoms with Gasteiger partial charge < -0.3 is 4.57 Å². The van der Waals surface area contributed by atoms with Gasteiger partial charge >= 0.3 is 0 Å². The van der Waals surface area contributed by atoms with Gasteiger partial charge in [0.1, 0.15) is 11.0 Å². The molecule has 2 aromatic carbocycles. The van der Waals surface area contributed by atoms with Gasteiger partial charge in [0.25, 0.3) is 10.0 Å². The molecule has 0 aliphatic rings. The molecule has 0 amide bonds. The van der Waals surface area contributed by atoms with E-state index < -0.39 is 10.0 Å². The predicted octanol–water partition coefficient (Wildman–Crippen LogP) is 3.15. The molecule has 0 saturated heterocycles. The maximum Gasteiger partial charge on any atom is 0.263 e. The molecule has 3 aromatic rings. The van der Waals surface area contributed by atoms with Crippen LogP contribution in [-0.2, 0) is 10.0 Å². The Morgan fingerprint density at radius 1 is 0.957 bits per heavy atom. The van der Waals surface area contributed by atoms with Crippen LogP contribution in [0.4, 0.5) is 5.69 Å². The molecule has 0 unspecified atom stereocenters. The summed E-state index contributed by atoms with van der Waals surface area (Å²) in [5.74, 6) is 0. The Bertz CT molecular complexity index is 971. The largest absolute Gasteiger partial charge is 0.324 e. The molecule has 23 heavy (non-hydrogen) atoms. The fourth-order valence-corrected chi connectivity index (χ4v) is 3.45. The minimum Gasteiger partial charge on any atom is -0.324 e. The predicted molar refractivity (Wildman–Crippen MR) is 87.7 cm³/mol. The van der Waals surface area contributed by atoms with E-state index >= 15 is 0 Å². The number of aromatic nitrogens is 1. The fraction of sp³-hybridized carbons (Fsp3) is 0. The number of nitrogens with zero attached hydrogens (tertiary/aromatic N) is 2. The van der Waals surface area contributed by atoms with E-state index in [1.807, 2.05) is 41.2 Å². The number of benzene rings is 2. The number of rotatable bonds is 4. The van der Waals surface area contributed by atoms with E-state index in [1.54, 1.807) is 30.3 Å². The van der Waals surface area contributed by atoms with Crippen molar-refractivity contribution in [1.29, 1.82) is 5.26 Å². The highest BCUT2D eigenvalue weighted by atomic mass is 32.2. The van der Waals surface area contributed by atoms with Crippen LogP contribution in [-0.4, -0.2) is 13.0 Å². The standard InChI is InChI=1S/C17H13N3O2S/c18-13-14-6-1-2-9-17(14)23(21,22)19-15-7-5-8-16(12-15)20-10-3-4-11-20/h1-12,19H. The van der Waals surface area contributed by atoms with Crippen LogP contribution < -0.4 is 4.72 Å². The Morgan fingerprint density at radius 2 is 1.70 bits per heavy atom. The molecule has 1 heterocycles.